The number of rotatable bonds is 5. The van der Waals surface area contributed by atoms with Crippen molar-refractivity contribution in [3.63, 3.8) is 0 Å². The number of aromatic nitrogens is 2. The number of furan rings is 1. The van der Waals surface area contributed by atoms with E-state index in [0.29, 0.717) is 33.3 Å². The Morgan fingerprint density at radius 3 is 2.79 bits per heavy atom. The summed E-state index contributed by atoms with van der Waals surface area (Å²) in [5.41, 5.74) is 0.631. The molecule has 8 heteroatoms. The van der Waals surface area contributed by atoms with Gasteiger partial charge in [-0.3, -0.25) is 9.36 Å². The molecule has 0 saturated heterocycles. The van der Waals surface area contributed by atoms with Crippen LogP contribution in [0.2, 0.25) is 0 Å². The molecule has 0 aliphatic heterocycles. The number of carbonyl (C=O) groups excluding carboxylic acids is 1. The lowest BCUT2D eigenvalue weighted by atomic mass is 10.2. The van der Waals surface area contributed by atoms with Gasteiger partial charge >= 0.3 is 5.97 Å². The average Bonchev–Trinajstić information content (AvgIpc) is 3.21. The van der Waals surface area contributed by atoms with Gasteiger partial charge in [0.25, 0.3) is 5.56 Å². The molecular formula is C21H15FN2O4S. The molecule has 0 spiro atoms. The van der Waals surface area contributed by atoms with E-state index in [2.05, 4.69) is 9.72 Å². The molecule has 0 amide bonds. The predicted molar refractivity (Wildman–Crippen MR) is 107 cm³/mol. The first kappa shape index (κ1) is 18.9. The van der Waals surface area contributed by atoms with E-state index in [4.69, 9.17) is 4.42 Å². The molecule has 2 aromatic carbocycles. The molecule has 29 heavy (non-hydrogen) atoms. The number of esters is 1. The van der Waals surface area contributed by atoms with Crippen molar-refractivity contribution in [1.29, 1.82) is 0 Å². The van der Waals surface area contributed by atoms with Crippen LogP contribution in [0.1, 0.15) is 16.3 Å². The van der Waals surface area contributed by atoms with Crippen LogP contribution in [0.4, 0.5) is 4.39 Å². The van der Waals surface area contributed by atoms with Crippen LogP contribution in [0, 0.1) is 5.82 Å². The molecule has 0 unspecified atom stereocenters. The molecule has 4 aromatic rings. The van der Waals surface area contributed by atoms with Crippen LogP contribution in [0.25, 0.3) is 16.6 Å². The van der Waals surface area contributed by atoms with Gasteiger partial charge in [-0.25, -0.2) is 14.2 Å². The number of benzene rings is 2. The van der Waals surface area contributed by atoms with Crippen molar-refractivity contribution in [2.75, 3.05) is 7.11 Å². The Bertz CT molecular complexity index is 1270. The summed E-state index contributed by atoms with van der Waals surface area (Å²) in [4.78, 5) is 29.2. The Hall–Kier alpha value is -3.39. The Labute approximate surface area is 168 Å². The molecule has 0 bridgehead atoms. The maximum atomic E-state index is 13.8. The van der Waals surface area contributed by atoms with Gasteiger partial charge in [0.15, 0.2) is 5.16 Å². The van der Waals surface area contributed by atoms with Gasteiger partial charge in [0, 0.05) is 0 Å². The first-order valence-electron chi connectivity index (χ1n) is 8.64. The van der Waals surface area contributed by atoms with E-state index in [1.807, 2.05) is 0 Å². The lowest BCUT2D eigenvalue weighted by molar-refractivity contribution is 0.0563. The number of ether oxygens (including phenoxy) is 1. The number of hydrogen-bond donors (Lipinski definition) is 0. The van der Waals surface area contributed by atoms with Gasteiger partial charge in [-0.05, 0) is 42.5 Å². The number of thioether (sulfide) groups is 1. The summed E-state index contributed by atoms with van der Waals surface area (Å²) in [6.45, 7) is 0. The van der Waals surface area contributed by atoms with Gasteiger partial charge in [-0.2, -0.15) is 0 Å². The van der Waals surface area contributed by atoms with Crippen molar-refractivity contribution in [2.45, 2.75) is 10.9 Å². The third-order valence-corrected chi connectivity index (χ3v) is 5.16. The van der Waals surface area contributed by atoms with Crippen molar-refractivity contribution in [3.05, 3.63) is 88.4 Å². The van der Waals surface area contributed by atoms with E-state index in [0.717, 1.165) is 0 Å². The average molecular weight is 410 g/mol. The maximum absolute atomic E-state index is 13.8. The summed E-state index contributed by atoms with van der Waals surface area (Å²) >= 11 is 1.25. The first-order chi connectivity index (χ1) is 14.1. The first-order valence-corrected chi connectivity index (χ1v) is 9.63. The quantitative estimate of drug-likeness (QED) is 0.279. The maximum Gasteiger partial charge on any atom is 0.373 e. The molecule has 0 N–H and O–H groups in total. The van der Waals surface area contributed by atoms with Crippen LogP contribution in [0.15, 0.2) is 75.0 Å². The van der Waals surface area contributed by atoms with E-state index in [1.54, 1.807) is 36.4 Å². The number of hydrogen-bond acceptors (Lipinski definition) is 6. The highest BCUT2D eigenvalue weighted by molar-refractivity contribution is 7.98. The number of methoxy groups -OCH3 is 1. The van der Waals surface area contributed by atoms with Crippen molar-refractivity contribution < 1.29 is 18.3 Å². The fraction of sp³-hybridized carbons (Fsp3) is 0.0952. The Morgan fingerprint density at radius 1 is 1.17 bits per heavy atom. The van der Waals surface area contributed by atoms with Crippen molar-refractivity contribution in [2.24, 2.45) is 0 Å². The van der Waals surface area contributed by atoms with Gasteiger partial charge < -0.3 is 9.15 Å². The van der Waals surface area contributed by atoms with E-state index < -0.39 is 11.8 Å². The molecule has 2 heterocycles. The van der Waals surface area contributed by atoms with Crippen LogP contribution in [-0.2, 0) is 10.5 Å². The van der Waals surface area contributed by atoms with Gasteiger partial charge in [0.05, 0.1) is 29.5 Å². The SMILES string of the molecule is COC(=O)c1ccc(CSc2nc3ccccc3c(=O)n2-c2cccc(F)c2)o1. The minimum atomic E-state index is -0.568. The standard InChI is InChI=1S/C21H15FN2O4S/c1-27-20(26)18-10-9-15(28-18)12-29-21-23-17-8-3-2-7-16(17)19(25)24(21)14-6-4-5-13(22)11-14/h2-11H,12H2,1H3. The number of para-hydroxylation sites is 1. The summed E-state index contributed by atoms with van der Waals surface area (Å²) in [5.74, 6) is -0.0911. The van der Waals surface area contributed by atoms with Gasteiger partial charge in [0.2, 0.25) is 5.76 Å². The number of fused-ring (bicyclic) bond motifs is 1. The minimum absolute atomic E-state index is 0.0945. The normalized spacial score (nSPS) is 11.0. The number of nitrogens with zero attached hydrogens (tertiary/aromatic N) is 2. The van der Waals surface area contributed by atoms with Crippen LogP contribution in [0.5, 0.6) is 0 Å². The zero-order chi connectivity index (χ0) is 20.4. The van der Waals surface area contributed by atoms with E-state index >= 15 is 0 Å². The van der Waals surface area contributed by atoms with Crippen LogP contribution < -0.4 is 5.56 Å². The smallest absolute Gasteiger partial charge is 0.373 e. The van der Waals surface area contributed by atoms with E-state index in [9.17, 15) is 14.0 Å². The number of halogens is 1. The second-order valence-corrected chi connectivity index (χ2v) is 7.02. The highest BCUT2D eigenvalue weighted by atomic mass is 32.2. The van der Waals surface area contributed by atoms with Crippen LogP contribution in [0.3, 0.4) is 0 Å². The summed E-state index contributed by atoms with van der Waals surface area (Å²) in [7, 11) is 1.27. The van der Waals surface area contributed by atoms with Crippen LogP contribution >= 0.6 is 11.8 Å². The summed E-state index contributed by atoms with van der Waals surface area (Å²) in [6, 6.07) is 15.9. The van der Waals surface area contributed by atoms with Crippen LogP contribution in [-0.4, -0.2) is 22.6 Å². The second kappa shape index (κ2) is 7.92. The predicted octanol–water partition coefficient (Wildman–Crippen LogP) is 4.20. The Kier molecular flexibility index (Phi) is 5.18. The lowest BCUT2D eigenvalue weighted by Crippen LogP contribution is -2.21. The second-order valence-electron chi connectivity index (χ2n) is 6.08. The number of carbonyl (C=O) groups is 1. The largest absolute Gasteiger partial charge is 0.463 e. The Morgan fingerprint density at radius 2 is 2.00 bits per heavy atom. The zero-order valence-corrected chi connectivity index (χ0v) is 16.1. The third-order valence-electron chi connectivity index (χ3n) is 4.20. The molecular weight excluding hydrogens is 395 g/mol. The fourth-order valence-electron chi connectivity index (χ4n) is 2.85. The molecule has 0 saturated carbocycles. The molecule has 146 valence electrons. The molecule has 0 aliphatic rings. The summed E-state index contributed by atoms with van der Waals surface area (Å²) in [6.07, 6.45) is 0. The molecule has 0 fully saturated rings. The van der Waals surface area contributed by atoms with Crippen molar-refractivity contribution >= 4 is 28.6 Å². The monoisotopic (exact) mass is 410 g/mol. The molecule has 2 aromatic heterocycles. The minimum Gasteiger partial charge on any atom is -0.463 e. The topological polar surface area (TPSA) is 74.3 Å². The summed E-state index contributed by atoms with van der Waals surface area (Å²) in [5, 5.41) is 0.822. The van der Waals surface area contributed by atoms with Gasteiger partial charge in [0.1, 0.15) is 11.6 Å². The lowest BCUT2D eigenvalue weighted by Gasteiger charge is -2.13. The third kappa shape index (κ3) is 3.79. The highest BCUT2D eigenvalue weighted by Gasteiger charge is 2.16. The van der Waals surface area contributed by atoms with E-state index in [1.165, 1.54) is 47.7 Å². The van der Waals surface area contributed by atoms with E-state index in [-0.39, 0.29) is 11.3 Å². The molecule has 0 radical (unpaired) electrons. The zero-order valence-electron chi connectivity index (χ0n) is 15.3. The molecule has 0 atom stereocenters. The molecule has 0 aliphatic carbocycles. The molecule has 6 nitrogen and oxygen atoms in total. The van der Waals surface area contributed by atoms with Crippen molar-refractivity contribution in [1.82, 2.24) is 9.55 Å². The Balaban J connectivity index is 1.76. The fourth-order valence-corrected chi connectivity index (χ4v) is 3.76. The highest BCUT2D eigenvalue weighted by Crippen LogP contribution is 2.26. The van der Waals surface area contributed by atoms with Gasteiger partial charge in [-0.15, -0.1) is 0 Å². The van der Waals surface area contributed by atoms with Crippen molar-refractivity contribution in [3.8, 4) is 5.69 Å². The molecule has 4 rings (SSSR count). The van der Waals surface area contributed by atoms with Gasteiger partial charge in [-0.1, -0.05) is 30.0 Å². The summed E-state index contributed by atoms with van der Waals surface area (Å²) < 4.78 is 25.3.